The molecule has 0 aliphatic heterocycles. The molecular formula is C19H32IN3O2. The van der Waals surface area contributed by atoms with Crippen LogP contribution in [0.3, 0.4) is 0 Å². The van der Waals surface area contributed by atoms with Gasteiger partial charge in [0, 0.05) is 33.4 Å². The van der Waals surface area contributed by atoms with Crippen LogP contribution >= 0.6 is 24.0 Å². The second-order valence-corrected chi connectivity index (χ2v) is 6.31. The Hall–Kier alpha value is -1.02. The zero-order valence-corrected chi connectivity index (χ0v) is 17.8. The third kappa shape index (κ3) is 8.76. The number of nitrogens with zero attached hydrogens (tertiary/aromatic N) is 1. The Morgan fingerprint density at radius 2 is 1.92 bits per heavy atom. The van der Waals surface area contributed by atoms with Gasteiger partial charge in [-0.15, -0.1) is 24.0 Å². The first-order valence-corrected chi connectivity index (χ1v) is 8.98. The minimum absolute atomic E-state index is 0. The van der Waals surface area contributed by atoms with Crippen LogP contribution in [0.5, 0.6) is 5.75 Å². The number of hydrogen-bond donors (Lipinski definition) is 2. The second-order valence-electron chi connectivity index (χ2n) is 6.31. The number of hydrogen-bond acceptors (Lipinski definition) is 3. The van der Waals surface area contributed by atoms with Crippen molar-refractivity contribution in [2.24, 2.45) is 10.4 Å². The molecular weight excluding hydrogens is 429 g/mol. The zero-order chi connectivity index (χ0) is 17.1. The standard InChI is InChI=1S/C19H31N3O2.HI/c1-3-23-15-12-19(10-11-19)16-22-18(20-2)21-13-7-14-24-17-8-5-4-6-9-17;/h4-6,8-9H,3,7,10-16H2,1-2H3,(H2,20,21,22);1H. The van der Waals surface area contributed by atoms with Crippen molar-refractivity contribution in [2.75, 3.05) is 40.0 Å². The quantitative estimate of drug-likeness (QED) is 0.230. The summed E-state index contributed by atoms with van der Waals surface area (Å²) in [5.41, 5.74) is 0.420. The molecule has 0 unspecified atom stereocenters. The van der Waals surface area contributed by atoms with Crippen molar-refractivity contribution in [3.05, 3.63) is 30.3 Å². The van der Waals surface area contributed by atoms with Crippen LogP contribution in [0.15, 0.2) is 35.3 Å². The van der Waals surface area contributed by atoms with Crippen LogP contribution in [-0.4, -0.2) is 45.9 Å². The van der Waals surface area contributed by atoms with Gasteiger partial charge in [0.15, 0.2) is 5.96 Å². The van der Waals surface area contributed by atoms with Crippen LogP contribution in [0.25, 0.3) is 0 Å². The monoisotopic (exact) mass is 461 g/mol. The van der Waals surface area contributed by atoms with Crippen molar-refractivity contribution >= 4 is 29.9 Å². The maximum atomic E-state index is 5.69. The van der Waals surface area contributed by atoms with Crippen molar-refractivity contribution in [3.63, 3.8) is 0 Å². The lowest BCUT2D eigenvalue weighted by Crippen LogP contribution is -2.41. The van der Waals surface area contributed by atoms with E-state index in [1.807, 2.05) is 44.3 Å². The van der Waals surface area contributed by atoms with Crippen LogP contribution in [-0.2, 0) is 4.74 Å². The topological polar surface area (TPSA) is 54.9 Å². The van der Waals surface area contributed by atoms with Gasteiger partial charge in [0.2, 0.25) is 0 Å². The van der Waals surface area contributed by atoms with Crippen LogP contribution in [0, 0.1) is 5.41 Å². The molecule has 25 heavy (non-hydrogen) atoms. The molecule has 1 fully saturated rings. The van der Waals surface area contributed by atoms with Crippen molar-refractivity contribution in [1.82, 2.24) is 10.6 Å². The maximum Gasteiger partial charge on any atom is 0.190 e. The van der Waals surface area contributed by atoms with Crippen LogP contribution in [0.4, 0.5) is 0 Å². The average Bonchev–Trinajstić information content (AvgIpc) is 3.38. The van der Waals surface area contributed by atoms with Crippen LogP contribution in [0.1, 0.15) is 32.6 Å². The van der Waals surface area contributed by atoms with Gasteiger partial charge in [-0.25, -0.2) is 0 Å². The molecule has 1 saturated carbocycles. The van der Waals surface area contributed by atoms with Gasteiger partial charge in [-0.1, -0.05) is 18.2 Å². The first-order valence-electron chi connectivity index (χ1n) is 8.98. The van der Waals surface area contributed by atoms with E-state index in [9.17, 15) is 0 Å². The molecule has 5 nitrogen and oxygen atoms in total. The molecule has 1 aromatic rings. The first kappa shape index (κ1) is 22.0. The third-order valence-corrected chi connectivity index (χ3v) is 4.42. The molecule has 1 aliphatic carbocycles. The van der Waals surface area contributed by atoms with E-state index in [0.29, 0.717) is 12.0 Å². The number of ether oxygens (including phenoxy) is 2. The normalized spacial score (nSPS) is 15.2. The number of nitrogens with one attached hydrogen (secondary N) is 2. The number of guanidine groups is 1. The highest BCUT2D eigenvalue weighted by Crippen LogP contribution is 2.48. The Balaban J connectivity index is 0.00000312. The summed E-state index contributed by atoms with van der Waals surface area (Å²) in [6, 6.07) is 9.92. The van der Waals surface area contributed by atoms with E-state index in [1.54, 1.807) is 0 Å². The van der Waals surface area contributed by atoms with E-state index in [-0.39, 0.29) is 24.0 Å². The summed E-state index contributed by atoms with van der Waals surface area (Å²) in [5.74, 6) is 1.79. The van der Waals surface area contributed by atoms with E-state index in [2.05, 4.69) is 15.6 Å². The first-order chi connectivity index (χ1) is 11.8. The Labute approximate surface area is 169 Å². The molecule has 1 aliphatic rings. The third-order valence-electron chi connectivity index (χ3n) is 4.42. The molecule has 6 heteroatoms. The summed E-state index contributed by atoms with van der Waals surface area (Å²) in [6.45, 7) is 6.23. The molecule has 0 heterocycles. The van der Waals surface area contributed by atoms with E-state index in [1.165, 1.54) is 12.8 Å². The van der Waals surface area contributed by atoms with Crippen molar-refractivity contribution in [1.29, 1.82) is 0 Å². The molecule has 0 radical (unpaired) electrons. The van der Waals surface area contributed by atoms with E-state index < -0.39 is 0 Å². The zero-order valence-electron chi connectivity index (χ0n) is 15.4. The molecule has 0 atom stereocenters. The summed E-state index contributed by atoms with van der Waals surface area (Å²) in [6.07, 6.45) is 4.64. The number of aliphatic imine (C=N–C) groups is 1. The summed E-state index contributed by atoms with van der Waals surface area (Å²) in [5, 5.41) is 6.80. The highest BCUT2D eigenvalue weighted by molar-refractivity contribution is 14.0. The predicted molar refractivity (Wildman–Crippen MR) is 114 cm³/mol. The number of para-hydroxylation sites is 1. The molecule has 0 aromatic heterocycles. The molecule has 1 aromatic carbocycles. The molecule has 142 valence electrons. The predicted octanol–water partition coefficient (Wildman–Crippen LogP) is 3.45. The van der Waals surface area contributed by atoms with Crippen LogP contribution < -0.4 is 15.4 Å². The van der Waals surface area contributed by atoms with Gasteiger partial charge in [0.05, 0.1) is 6.61 Å². The fraction of sp³-hybridized carbons (Fsp3) is 0.632. The lowest BCUT2D eigenvalue weighted by atomic mass is 10.0. The summed E-state index contributed by atoms with van der Waals surface area (Å²) < 4.78 is 11.2. The van der Waals surface area contributed by atoms with Gasteiger partial charge in [0.25, 0.3) is 0 Å². The van der Waals surface area contributed by atoms with E-state index >= 15 is 0 Å². The minimum atomic E-state index is 0. The second kappa shape index (κ2) is 12.4. The Morgan fingerprint density at radius 1 is 1.16 bits per heavy atom. The van der Waals surface area contributed by atoms with Gasteiger partial charge in [-0.3, -0.25) is 4.99 Å². The van der Waals surface area contributed by atoms with Crippen LogP contribution in [0.2, 0.25) is 0 Å². The van der Waals surface area contributed by atoms with Gasteiger partial charge in [-0.2, -0.15) is 0 Å². The van der Waals surface area contributed by atoms with Gasteiger partial charge < -0.3 is 20.1 Å². The highest BCUT2D eigenvalue weighted by Gasteiger charge is 2.41. The van der Waals surface area contributed by atoms with Gasteiger partial charge in [-0.05, 0) is 50.2 Å². The highest BCUT2D eigenvalue weighted by atomic mass is 127. The molecule has 2 N–H and O–H groups in total. The summed E-state index contributed by atoms with van der Waals surface area (Å²) >= 11 is 0. The van der Waals surface area contributed by atoms with E-state index in [4.69, 9.17) is 9.47 Å². The van der Waals surface area contributed by atoms with Gasteiger partial charge in [0.1, 0.15) is 5.75 Å². The molecule has 2 rings (SSSR count). The van der Waals surface area contributed by atoms with E-state index in [0.717, 1.165) is 50.9 Å². The largest absolute Gasteiger partial charge is 0.494 e. The number of rotatable bonds is 11. The maximum absolute atomic E-state index is 5.69. The number of halogens is 1. The molecule has 0 spiro atoms. The number of benzene rings is 1. The molecule has 0 saturated heterocycles. The fourth-order valence-corrected chi connectivity index (χ4v) is 2.60. The fourth-order valence-electron chi connectivity index (χ4n) is 2.60. The smallest absolute Gasteiger partial charge is 0.190 e. The van der Waals surface area contributed by atoms with Crippen molar-refractivity contribution in [2.45, 2.75) is 32.6 Å². The SMILES string of the molecule is CCOCCC1(CNC(=NC)NCCCOc2ccccc2)CC1.I. The lowest BCUT2D eigenvalue weighted by Gasteiger charge is -2.18. The molecule has 0 amide bonds. The van der Waals surface area contributed by atoms with Gasteiger partial charge >= 0.3 is 0 Å². The Bertz CT molecular complexity index is 493. The minimum Gasteiger partial charge on any atom is -0.494 e. The average molecular weight is 461 g/mol. The Kier molecular flexibility index (Phi) is 10.9. The summed E-state index contributed by atoms with van der Waals surface area (Å²) in [4.78, 5) is 4.29. The summed E-state index contributed by atoms with van der Waals surface area (Å²) in [7, 11) is 1.82. The van der Waals surface area contributed by atoms with Crippen molar-refractivity contribution in [3.8, 4) is 5.75 Å². The Morgan fingerprint density at radius 3 is 2.56 bits per heavy atom. The lowest BCUT2D eigenvalue weighted by molar-refractivity contribution is 0.128. The van der Waals surface area contributed by atoms with Crippen molar-refractivity contribution < 1.29 is 9.47 Å². The molecule has 0 bridgehead atoms.